The first-order valence-corrected chi connectivity index (χ1v) is 10.9. The molecule has 0 bridgehead atoms. The Morgan fingerprint density at radius 2 is 1.65 bits per heavy atom. The van der Waals surface area contributed by atoms with Gasteiger partial charge in [0, 0.05) is 31.0 Å². The van der Waals surface area contributed by atoms with Crippen LogP contribution in [0.25, 0.3) is 5.57 Å². The Balaban J connectivity index is 1.61. The van der Waals surface area contributed by atoms with E-state index in [0.717, 1.165) is 35.8 Å². The smallest absolute Gasteiger partial charge is 0.278 e. The Labute approximate surface area is 184 Å². The average molecular weight is 416 g/mol. The maximum absolute atomic E-state index is 13.0. The number of amides is 2. The summed E-state index contributed by atoms with van der Waals surface area (Å²) in [5.74, 6) is 0.165. The van der Waals surface area contributed by atoms with Crippen molar-refractivity contribution in [2.24, 2.45) is 5.92 Å². The number of nitrogens with one attached hydrogen (secondary N) is 1. The fourth-order valence-electron chi connectivity index (χ4n) is 4.14. The first-order chi connectivity index (χ1) is 15.0. The van der Waals surface area contributed by atoms with Gasteiger partial charge in [-0.1, -0.05) is 42.8 Å². The van der Waals surface area contributed by atoms with Crippen molar-refractivity contribution in [3.8, 4) is 0 Å². The molecule has 2 aliphatic heterocycles. The third-order valence-corrected chi connectivity index (χ3v) is 6.11. The molecule has 2 aliphatic rings. The van der Waals surface area contributed by atoms with Gasteiger partial charge in [-0.15, -0.1) is 6.58 Å². The fraction of sp³-hybridized carbons (Fsp3) is 0.308. The molecule has 5 nitrogen and oxygen atoms in total. The van der Waals surface area contributed by atoms with E-state index >= 15 is 0 Å². The summed E-state index contributed by atoms with van der Waals surface area (Å²) < 4.78 is 0. The van der Waals surface area contributed by atoms with Crippen LogP contribution in [-0.4, -0.2) is 36.3 Å². The quantitative estimate of drug-likeness (QED) is 0.553. The molecular weight excluding hydrogens is 386 g/mol. The van der Waals surface area contributed by atoms with Crippen LogP contribution < -0.4 is 10.2 Å². The van der Waals surface area contributed by atoms with Gasteiger partial charge in [0.05, 0.1) is 5.57 Å². The third kappa shape index (κ3) is 4.26. The zero-order valence-corrected chi connectivity index (χ0v) is 18.2. The van der Waals surface area contributed by atoms with Gasteiger partial charge >= 0.3 is 0 Å². The molecule has 0 spiro atoms. The van der Waals surface area contributed by atoms with Crippen LogP contribution >= 0.6 is 0 Å². The van der Waals surface area contributed by atoms with E-state index in [0.29, 0.717) is 11.3 Å². The van der Waals surface area contributed by atoms with E-state index < -0.39 is 0 Å². The van der Waals surface area contributed by atoms with Crippen molar-refractivity contribution in [2.75, 3.05) is 29.9 Å². The predicted molar refractivity (Wildman–Crippen MR) is 126 cm³/mol. The van der Waals surface area contributed by atoms with Crippen LogP contribution in [0.4, 0.5) is 11.4 Å². The van der Waals surface area contributed by atoms with Gasteiger partial charge in [0.1, 0.15) is 5.70 Å². The van der Waals surface area contributed by atoms with E-state index in [1.807, 2.05) is 43.3 Å². The van der Waals surface area contributed by atoms with Gasteiger partial charge in [-0.2, -0.15) is 0 Å². The minimum absolute atomic E-state index is 0.185. The lowest BCUT2D eigenvalue weighted by Crippen LogP contribution is -2.32. The predicted octanol–water partition coefficient (Wildman–Crippen LogP) is 4.61. The number of hydrogen-bond donors (Lipinski definition) is 1. The fourth-order valence-corrected chi connectivity index (χ4v) is 4.14. The lowest BCUT2D eigenvalue weighted by Gasteiger charge is -2.32. The largest absolute Gasteiger partial charge is 0.372 e. The molecule has 0 aliphatic carbocycles. The number of anilines is 2. The summed E-state index contributed by atoms with van der Waals surface area (Å²) in [7, 11) is 0. The van der Waals surface area contributed by atoms with Crippen LogP contribution in [0.2, 0.25) is 0 Å². The van der Waals surface area contributed by atoms with E-state index in [1.165, 1.54) is 23.4 Å². The molecule has 0 radical (unpaired) electrons. The number of imide groups is 1. The molecule has 160 valence electrons. The first-order valence-electron chi connectivity index (χ1n) is 10.9. The molecule has 0 saturated carbocycles. The number of hydrogen-bond acceptors (Lipinski definition) is 4. The highest BCUT2D eigenvalue weighted by atomic mass is 16.2. The second-order valence-electron chi connectivity index (χ2n) is 8.47. The minimum atomic E-state index is -0.324. The molecule has 1 N–H and O–H groups in total. The highest BCUT2D eigenvalue weighted by Gasteiger charge is 2.38. The Morgan fingerprint density at radius 3 is 2.26 bits per heavy atom. The molecule has 4 rings (SSSR count). The lowest BCUT2D eigenvalue weighted by atomic mass is 9.99. The van der Waals surface area contributed by atoms with E-state index in [4.69, 9.17) is 0 Å². The van der Waals surface area contributed by atoms with E-state index in [1.54, 1.807) is 6.08 Å². The van der Waals surface area contributed by atoms with Gasteiger partial charge in [-0.05, 0) is 55.5 Å². The van der Waals surface area contributed by atoms with Gasteiger partial charge in [-0.3, -0.25) is 14.5 Å². The summed E-state index contributed by atoms with van der Waals surface area (Å²) in [4.78, 5) is 29.7. The van der Waals surface area contributed by atoms with Gasteiger partial charge < -0.3 is 10.2 Å². The molecular formula is C26H29N3O2. The Hall–Kier alpha value is -3.34. The molecule has 2 amide bonds. The van der Waals surface area contributed by atoms with Gasteiger partial charge in [0.25, 0.3) is 11.8 Å². The lowest BCUT2D eigenvalue weighted by molar-refractivity contribution is -0.136. The molecule has 1 fully saturated rings. The van der Waals surface area contributed by atoms with Crippen molar-refractivity contribution in [1.82, 2.24) is 4.90 Å². The molecule has 2 aromatic rings. The maximum atomic E-state index is 13.0. The Morgan fingerprint density at radius 1 is 1.00 bits per heavy atom. The van der Waals surface area contributed by atoms with E-state index in [9.17, 15) is 9.59 Å². The second-order valence-corrected chi connectivity index (χ2v) is 8.47. The third-order valence-electron chi connectivity index (χ3n) is 6.11. The topological polar surface area (TPSA) is 52.7 Å². The molecule has 1 saturated heterocycles. The van der Waals surface area contributed by atoms with Gasteiger partial charge in [-0.25, -0.2) is 0 Å². The molecule has 5 heteroatoms. The normalized spacial score (nSPS) is 17.5. The number of rotatable bonds is 6. The molecule has 2 aromatic carbocycles. The SMILES string of the molecule is C=CCN1C(=O)C(Nc2ccc(N3CCC(C)CC3)cc2)=C(c2ccc(C)cc2)C1=O. The van der Waals surface area contributed by atoms with E-state index in [-0.39, 0.29) is 18.4 Å². The van der Waals surface area contributed by atoms with Crippen molar-refractivity contribution in [3.63, 3.8) is 0 Å². The summed E-state index contributed by atoms with van der Waals surface area (Å²) in [6, 6.07) is 15.8. The Kier molecular flexibility index (Phi) is 5.94. The molecule has 0 atom stereocenters. The highest BCUT2D eigenvalue weighted by molar-refractivity contribution is 6.36. The number of carbonyl (C=O) groups is 2. The monoisotopic (exact) mass is 415 g/mol. The molecule has 0 aromatic heterocycles. The van der Waals surface area contributed by atoms with Crippen LogP contribution in [0.3, 0.4) is 0 Å². The van der Waals surface area contributed by atoms with Crippen LogP contribution in [0.1, 0.15) is 30.9 Å². The Bertz CT molecular complexity index is 1010. The van der Waals surface area contributed by atoms with E-state index in [2.05, 4.69) is 35.9 Å². The maximum Gasteiger partial charge on any atom is 0.278 e. The number of carbonyl (C=O) groups excluding carboxylic acids is 2. The number of nitrogens with zero attached hydrogens (tertiary/aromatic N) is 2. The number of aryl methyl sites for hydroxylation is 1. The van der Waals surface area contributed by atoms with Crippen LogP contribution in [0.15, 0.2) is 66.9 Å². The zero-order chi connectivity index (χ0) is 22.0. The highest BCUT2D eigenvalue weighted by Crippen LogP contribution is 2.31. The summed E-state index contributed by atoms with van der Waals surface area (Å²) in [5.41, 5.74) is 4.53. The minimum Gasteiger partial charge on any atom is -0.372 e. The van der Waals surface area contributed by atoms with Gasteiger partial charge in [0.15, 0.2) is 0 Å². The summed E-state index contributed by atoms with van der Waals surface area (Å²) >= 11 is 0. The van der Waals surface area contributed by atoms with Crippen LogP contribution in [0, 0.1) is 12.8 Å². The van der Waals surface area contributed by atoms with Crippen molar-refractivity contribution in [2.45, 2.75) is 26.7 Å². The molecule has 2 heterocycles. The van der Waals surface area contributed by atoms with Gasteiger partial charge in [0.2, 0.25) is 0 Å². The van der Waals surface area contributed by atoms with Crippen molar-refractivity contribution in [3.05, 3.63) is 78.0 Å². The second kappa shape index (κ2) is 8.80. The zero-order valence-electron chi connectivity index (χ0n) is 18.2. The number of piperidine rings is 1. The van der Waals surface area contributed by atoms with Crippen LogP contribution in [0.5, 0.6) is 0 Å². The summed E-state index contributed by atoms with van der Waals surface area (Å²) in [6.07, 6.45) is 3.99. The van der Waals surface area contributed by atoms with Crippen LogP contribution in [-0.2, 0) is 9.59 Å². The first kappa shape index (κ1) is 20.9. The molecule has 31 heavy (non-hydrogen) atoms. The standard InChI is InChI=1S/C26H29N3O2/c1-4-15-29-25(30)23(20-7-5-18(2)6-8-20)24(26(29)31)27-21-9-11-22(12-10-21)28-16-13-19(3)14-17-28/h4-12,19,27H,1,13-17H2,2-3H3. The van der Waals surface area contributed by atoms with Crippen molar-refractivity contribution < 1.29 is 9.59 Å². The van der Waals surface area contributed by atoms with Crippen molar-refractivity contribution >= 4 is 28.8 Å². The summed E-state index contributed by atoms with van der Waals surface area (Å²) in [5, 5.41) is 3.22. The summed E-state index contributed by atoms with van der Waals surface area (Å²) in [6.45, 7) is 10.3. The number of benzene rings is 2. The molecule has 0 unspecified atom stereocenters. The van der Waals surface area contributed by atoms with Crippen molar-refractivity contribution in [1.29, 1.82) is 0 Å². The average Bonchev–Trinajstić information content (AvgIpc) is 3.00.